The van der Waals surface area contributed by atoms with Gasteiger partial charge in [-0.25, -0.2) is 0 Å². The van der Waals surface area contributed by atoms with E-state index < -0.39 is 40.9 Å². The van der Waals surface area contributed by atoms with E-state index in [9.17, 15) is 29.7 Å². The third-order valence-corrected chi connectivity index (χ3v) is 4.45. The molecular weight excluding hydrogens is 328 g/mol. The van der Waals surface area contributed by atoms with Crippen LogP contribution in [-0.4, -0.2) is 45.4 Å². The van der Waals surface area contributed by atoms with Gasteiger partial charge in [-0.3, -0.25) is 14.4 Å². The number of carbonyl (C=O) groups excluding carboxylic acids is 3. The molecule has 0 radical (unpaired) electrons. The lowest BCUT2D eigenvalue weighted by Gasteiger charge is -2.31. The maximum absolute atomic E-state index is 12.8. The lowest BCUT2D eigenvalue weighted by atomic mass is 9.73. The molecule has 0 saturated heterocycles. The number of phenolic OH excluding ortho intramolecular Hbond substituents is 2. The Morgan fingerprint density at radius 1 is 1.08 bits per heavy atom. The fraction of sp³-hybridized carbons (Fsp3) is 0.278. The Bertz CT molecular complexity index is 949. The standard InChI is InChI=1S/C18H16O7/c1-7-4-9(20)13-15-12(7)11(25-3)5-10(21)14(15)17(23)18(24,16(13)22)6-8(2)19/h4-5,20-21,24H,6H2,1-3H3/t18-/m1/s1. The molecule has 0 fully saturated rings. The Balaban J connectivity index is 2.53. The monoisotopic (exact) mass is 344 g/mol. The Morgan fingerprint density at radius 2 is 1.60 bits per heavy atom. The van der Waals surface area contributed by atoms with E-state index in [-0.39, 0.29) is 22.3 Å². The first-order chi connectivity index (χ1) is 11.6. The zero-order valence-corrected chi connectivity index (χ0v) is 13.8. The van der Waals surface area contributed by atoms with Crippen LogP contribution in [0.4, 0.5) is 0 Å². The third-order valence-electron chi connectivity index (χ3n) is 4.45. The average molecular weight is 344 g/mol. The summed E-state index contributed by atoms with van der Waals surface area (Å²) in [6.45, 7) is 2.78. The number of benzene rings is 2. The van der Waals surface area contributed by atoms with Crippen molar-refractivity contribution in [2.45, 2.75) is 25.9 Å². The largest absolute Gasteiger partial charge is 0.507 e. The van der Waals surface area contributed by atoms with Crippen LogP contribution < -0.4 is 4.74 Å². The molecule has 0 aromatic heterocycles. The van der Waals surface area contributed by atoms with E-state index in [0.717, 1.165) is 6.92 Å². The van der Waals surface area contributed by atoms with Crippen molar-refractivity contribution in [2.75, 3.05) is 7.11 Å². The predicted molar refractivity (Wildman–Crippen MR) is 87.5 cm³/mol. The second kappa shape index (κ2) is 5.29. The van der Waals surface area contributed by atoms with Gasteiger partial charge in [-0.1, -0.05) is 0 Å². The van der Waals surface area contributed by atoms with Crippen molar-refractivity contribution in [2.24, 2.45) is 0 Å². The fourth-order valence-corrected chi connectivity index (χ4v) is 3.42. The number of Topliss-reactive ketones (excluding diaryl/α,β-unsaturated/α-hetero) is 3. The highest BCUT2D eigenvalue weighted by Gasteiger charge is 2.52. The number of aliphatic hydroxyl groups is 1. The number of aromatic hydroxyl groups is 2. The van der Waals surface area contributed by atoms with Gasteiger partial charge < -0.3 is 20.1 Å². The first kappa shape index (κ1) is 16.9. The van der Waals surface area contributed by atoms with Crippen LogP contribution in [0.3, 0.4) is 0 Å². The molecule has 0 saturated carbocycles. The van der Waals surface area contributed by atoms with Gasteiger partial charge in [0, 0.05) is 23.3 Å². The van der Waals surface area contributed by atoms with E-state index in [0.29, 0.717) is 10.9 Å². The molecule has 0 bridgehead atoms. The van der Waals surface area contributed by atoms with E-state index in [2.05, 4.69) is 0 Å². The summed E-state index contributed by atoms with van der Waals surface area (Å²) in [4.78, 5) is 37.1. The summed E-state index contributed by atoms with van der Waals surface area (Å²) in [6, 6.07) is 2.51. The van der Waals surface area contributed by atoms with Gasteiger partial charge in [0.05, 0.1) is 18.2 Å². The fourth-order valence-electron chi connectivity index (χ4n) is 3.42. The lowest BCUT2D eigenvalue weighted by Crippen LogP contribution is -2.50. The van der Waals surface area contributed by atoms with Crippen LogP contribution in [0.25, 0.3) is 10.8 Å². The maximum atomic E-state index is 12.8. The molecular formula is C18H16O7. The van der Waals surface area contributed by atoms with Crippen molar-refractivity contribution in [1.29, 1.82) is 0 Å². The SMILES string of the molecule is COc1cc(O)c2c3c(c(O)cc(C)c13)C(=O)[C@](O)(CC(C)=O)C2=O. The molecule has 0 spiro atoms. The summed E-state index contributed by atoms with van der Waals surface area (Å²) in [5, 5.41) is 31.6. The Morgan fingerprint density at radius 3 is 2.08 bits per heavy atom. The predicted octanol–water partition coefficient (Wildman–Crippen LogP) is 1.66. The topological polar surface area (TPSA) is 121 Å². The molecule has 1 aliphatic rings. The number of carbonyl (C=O) groups is 3. The number of hydrogen-bond acceptors (Lipinski definition) is 7. The number of rotatable bonds is 3. The molecule has 25 heavy (non-hydrogen) atoms. The lowest BCUT2D eigenvalue weighted by molar-refractivity contribution is -0.119. The van der Waals surface area contributed by atoms with E-state index in [1.165, 1.54) is 19.2 Å². The van der Waals surface area contributed by atoms with Crippen molar-refractivity contribution in [3.63, 3.8) is 0 Å². The summed E-state index contributed by atoms with van der Waals surface area (Å²) in [5.41, 5.74) is -2.77. The zero-order valence-electron chi connectivity index (χ0n) is 13.8. The van der Waals surface area contributed by atoms with Crippen molar-refractivity contribution < 1.29 is 34.4 Å². The molecule has 0 heterocycles. The minimum atomic E-state index is -2.66. The van der Waals surface area contributed by atoms with Crippen molar-refractivity contribution >= 4 is 28.1 Å². The second-order valence-corrected chi connectivity index (χ2v) is 6.21. The summed E-state index contributed by atoms with van der Waals surface area (Å²) >= 11 is 0. The van der Waals surface area contributed by atoms with E-state index in [1.54, 1.807) is 6.92 Å². The average Bonchev–Trinajstić information content (AvgIpc) is 2.51. The quantitative estimate of drug-likeness (QED) is 0.724. The van der Waals surface area contributed by atoms with Crippen LogP contribution in [0.5, 0.6) is 17.2 Å². The van der Waals surface area contributed by atoms with Gasteiger partial charge in [-0.15, -0.1) is 0 Å². The number of ether oxygens (including phenoxy) is 1. The molecule has 2 aromatic rings. The number of phenols is 2. The van der Waals surface area contributed by atoms with Crippen LogP contribution in [0.15, 0.2) is 12.1 Å². The Kier molecular flexibility index (Phi) is 3.58. The molecule has 130 valence electrons. The number of ketones is 3. The first-order valence-electron chi connectivity index (χ1n) is 7.51. The van der Waals surface area contributed by atoms with Gasteiger partial charge in [0.25, 0.3) is 0 Å². The van der Waals surface area contributed by atoms with Gasteiger partial charge in [0.1, 0.15) is 23.0 Å². The van der Waals surface area contributed by atoms with Crippen LogP contribution >= 0.6 is 0 Å². The highest BCUT2D eigenvalue weighted by atomic mass is 16.5. The molecule has 2 aromatic carbocycles. The van der Waals surface area contributed by atoms with Gasteiger partial charge in [0.15, 0.2) is 5.60 Å². The smallest absolute Gasteiger partial charge is 0.207 e. The highest BCUT2D eigenvalue weighted by Crippen LogP contribution is 2.47. The highest BCUT2D eigenvalue weighted by molar-refractivity contribution is 6.36. The van der Waals surface area contributed by atoms with Crippen LogP contribution in [0, 0.1) is 6.92 Å². The van der Waals surface area contributed by atoms with Crippen molar-refractivity contribution in [3.8, 4) is 17.2 Å². The number of aryl methyl sites for hydroxylation is 1. The third kappa shape index (κ3) is 2.12. The molecule has 7 nitrogen and oxygen atoms in total. The van der Waals surface area contributed by atoms with Gasteiger partial charge in [-0.05, 0) is 25.5 Å². The van der Waals surface area contributed by atoms with Crippen LogP contribution in [0.1, 0.15) is 39.6 Å². The minimum Gasteiger partial charge on any atom is -0.507 e. The molecule has 0 aliphatic heterocycles. The molecule has 3 rings (SSSR count). The maximum Gasteiger partial charge on any atom is 0.207 e. The summed E-state index contributed by atoms with van der Waals surface area (Å²) in [6.07, 6.45) is -0.746. The molecule has 0 unspecified atom stereocenters. The summed E-state index contributed by atoms with van der Waals surface area (Å²) in [5.74, 6) is -3.46. The number of hydrogen-bond donors (Lipinski definition) is 3. The Labute approximate surface area is 142 Å². The molecule has 1 aliphatic carbocycles. The van der Waals surface area contributed by atoms with Crippen LogP contribution in [-0.2, 0) is 4.79 Å². The molecule has 0 amide bonds. The molecule has 1 atom stereocenters. The van der Waals surface area contributed by atoms with Gasteiger partial charge in [0.2, 0.25) is 11.6 Å². The first-order valence-corrected chi connectivity index (χ1v) is 7.51. The van der Waals surface area contributed by atoms with Crippen LogP contribution in [0.2, 0.25) is 0 Å². The van der Waals surface area contributed by atoms with Crippen molar-refractivity contribution in [1.82, 2.24) is 0 Å². The molecule has 3 N–H and O–H groups in total. The Hall–Kier alpha value is -2.93. The van der Waals surface area contributed by atoms with Gasteiger partial charge >= 0.3 is 0 Å². The van der Waals surface area contributed by atoms with E-state index in [1.807, 2.05) is 0 Å². The van der Waals surface area contributed by atoms with Crippen molar-refractivity contribution in [3.05, 3.63) is 28.8 Å². The summed E-state index contributed by atoms with van der Waals surface area (Å²) < 4.78 is 5.21. The summed E-state index contributed by atoms with van der Waals surface area (Å²) in [7, 11) is 1.36. The minimum absolute atomic E-state index is 0.0116. The normalized spacial score (nSPS) is 19.4. The zero-order chi connectivity index (χ0) is 18.7. The van der Waals surface area contributed by atoms with E-state index >= 15 is 0 Å². The van der Waals surface area contributed by atoms with E-state index in [4.69, 9.17) is 4.74 Å². The second-order valence-electron chi connectivity index (χ2n) is 6.21. The molecule has 7 heteroatoms. The van der Waals surface area contributed by atoms with Gasteiger partial charge in [-0.2, -0.15) is 0 Å². The number of methoxy groups -OCH3 is 1.